The molecule has 9 heteroatoms. The maximum absolute atomic E-state index is 12.3. The molecular weight excluding hydrogens is 298 g/mol. The number of nitrogens with zero attached hydrogens (tertiary/aromatic N) is 2. The minimum absolute atomic E-state index is 0.0930. The lowest BCUT2D eigenvalue weighted by molar-refractivity contribution is 0.602. The maximum atomic E-state index is 12.3. The van der Waals surface area contributed by atoms with Crippen LogP contribution in [0.25, 0.3) is 11.0 Å². The number of aromatic amines is 1. The summed E-state index contributed by atoms with van der Waals surface area (Å²) in [5.41, 5.74) is 7.34. The van der Waals surface area contributed by atoms with Gasteiger partial charge < -0.3 is 10.7 Å². The van der Waals surface area contributed by atoms with E-state index in [1.165, 1.54) is 0 Å². The standard InChI is InChI=1S/C11H11N5O2S2/c1-6-9(19-10(12)13-6)20(17,18)16-11-14-7-4-2-3-5-8(7)15-11/h2-5H,1H3,(H2,12,13)(H2,14,15,16). The third kappa shape index (κ3) is 2.21. The molecule has 4 N–H and O–H groups in total. The topological polar surface area (TPSA) is 114 Å². The van der Waals surface area contributed by atoms with Crippen molar-refractivity contribution in [1.29, 1.82) is 0 Å². The van der Waals surface area contributed by atoms with Gasteiger partial charge in [0.15, 0.2) is 9.34 Å². The van der Waals surface area contributed by atoms with Crippen LogP contribution in [0.4, 0.5) is 11.1 Å². The van der Waals surface area contributed by atoms with Crippen LogP contribution in [0.5, 0.6) is 0 Å². The summed E-state index contributed by atoms with van der Waals surface area (Å²) in [7, 11) is -3.74. The molecule has 0 atom stereocenters. The Morgan fingerprint density at radius 3 is 2.70 bits per heavy atom. The number of anilines is 2. The van der Waals surface area contributed by atoms with E-state index in [4.69, 9.17) is 5.73 Å². The number of nitrogens with two attached hydrogens (primary N) is 1. The number of aryl methyl sites for hydroxylation is 1. The second-order valence-electron chi connectivity index (χ2n) is 4.13. The van der Waals surface area contributed by atoms with Crippen LogP contribution in [-0.2, 0) is 10.0 Å². The van der Waals surface area contributed by atoms with Crippen LogP contribution in [-0.4, -0.2) is 23.4 Å². The first kappa shape index (κ1) is 12.9. The summed E-state index contributed by atoms with van der Waals surface area (Å²) in [5.74, 6) is 0.164. The molecule has 0 saturated carbocycles. The van der Waals surface area contributed by atoms with Gasteiger partial charge in [-0.05, 0) is 19.1 Å². The molecule has 7 nitrogen and oxygen atoms in total. The van der Waals surface area contributed by atoms with E-state index in [1.54, 1.807) is 13.0 Å². The number of rotatable bonds is 3. The molecule has 0 spiro atoms. The third-order valence-corrected chi connectivity index (χ3v) is 5.57. The molecule has 2 aromatic heterocycles. The number of imidazole rings is 1. The fourth-order valence-electron chi connectivity index (χ4n) is 1.83. The van der Waals surface area contributed by atoms with Gasteiger partial charge >= 0.3 is 0 Å². The molecule has 0 aliphatic carbocycles. The van der Waals surface area contributed by atoms with Gasteiger partial charge in [-0.3, -0.25) is 0 Å². The highest BCUT2D eigenvalue weighted by molar-refractivity contribution is 7.94. The lowest BCUT2D eigenvalue weighted by Crippen LogP contribution is -2.13. The van der Waals surface area contributed by atoms with Gasteiger partial charge in [0, 0.05) is 0 Å². The van der Waals surface area contributed by atoms with Crippen LogP contribution in [0, 0.1) is 6.92 Å². The van der Waals surface area contributed by atoms with Crippen LogP contribution in [0.15, 0.2) is 28.5 Å². The van der Waals surface area contributed by atoms with Crippen molar-refractivity contribution in [3.8, 4) is 0 Å². The number of benzene rings is 1. The van der Waals surface area contributed by atoms with E-state index in [0.29, 0.717) is 11.2 Å². The SMILES string of the molecule is Cc1nc(N)sc1S(=O)(=O)Nc1nc2ccccc2[nH]1. The quantitative estimate of drug-likeness (QED) is 0.681. The monoisotopic (exact) mass is 309 g/mol. The Balaban J connectivity index is 1.99. The number of aromatic nitrogens is 3. The number of fused-ring (bicyclic) bond motifs is 1. The molecule has 3 aromatic rings. The van der Waals surface area contributed by atoms with Crippen molar-refractivity contribution in [3.63, 3.8) is 0 Å². The molecule has 0 unspecified atom stereocenters. The van der Waals surface area contributed by atoms with E-state index < -0.39 is 10.0 Å². The molecule has 3 rings (SSSR count). The van der Waals surface area contributed by atoms with Gasteiger partial charge in [0.1, 0.15) is 0 Å². The second kappa shape index (κ2) is 4.46. The molecule has 0 amide bonds. The van der Waals surface area contributed by atoms with Crippen molar-refractivity contribution in [2.45, 2.75) is 11.1 Å². The highest BCUT2D eigenvalue weighted by Gasteiger charge is 2.22. The van der Waals surface area contributed by atoms with Gasteiger partial charge in [0.25, 0.3) is 10.0 Å². The number of hydrogen-bond acceptors (Lipinski definition) is 6. The number of nitrogens with one attached hydrogen (secondary N) is 2. The number of hydrogen-bond donors (Lipinski definition) is 3. The molecule has 0 saturated heterocycles. The summed E-state index contributed by atoms with van der Waals surface area (Å²) in [6.45, 7) is 1.60. The summed E-state index contributed by atoms with van der Waals surface area (Å²) >= 11 is 0.922. The summed E-state index contributed by atoms with van der Waals surface area (Å²) in [4.78, 5) is 11.0. The molecule has 20 heavy (non-hydrogen) atoms. The van der Waals surface area contributed by atoms with Gasteiger partial charge in [-0.1, -0.05) is 23.5 Å². The summed E-state index contributed by atoms with van der Waals surface area (Å²) in [6.07, 6.45) is 0. The van der Waals surface area contributed by atoms with Crippen molar-refractivity contribution in [3.05, 3.63) is 30.0 Å². The Kier molecular flexibility index (Phi) is 2.87. The zero-order valence-electron chi connectivity index (χ0n) is 10.4. The zero-order chi connectivity index (χ0) is 14.3. The third-order valence-electron chi connectivity index (χ3n) is 2.64. The molecule has 1 aromatic carbocycles. The van der Waals surface area contributed by atoms with E-state index >= 15 is 0 Å². The van der Waals surface area contributed by atoms with E-state index in [9.17, 15) is 8.42 Å². The number of nitrogen functional groups attached to an aromatic ring is 1. The molecule has 2 heterocycles. The van der Waals surface area contributed by atoms with Crippen molar-refractivity contribution in [1.82, 2.24) is 15.0 Å². The molecule has 0 fully saturated rings. The van der Waals surface area contributed by atoms with Gasteiger partial charge in [0.2, 0.25) is 5.95 Å². The Morgan fingerprint density at radius 1 is 1.30 bits per heavy atom. The Hall–Kier alpha value is -2.13. The lowest BCUT2D eigenvalue weighted by atomic mass is 10.3. The summed E-state index contributed by atoms with van der Waals surface area (Å²) < 4.78 is 27.0. The van der Waals surface area contributed by atoms with Crippen molar-refractivity contribution in [2.75, 3.05) is 10.5 Å². The van der Waals surface area contributed by atoms with Crippen LogP contribution >= 0.6 is 11.3 Å². The highest BCUT2D eigenvalue weighted by Crippen LogP contribution is 2.26. The van der Waals surface area contributed by atoms with Crippen molar-refractivity contribution in [2.24, 2.45) is 0 Å². The van der Waals surface area contributed by atoms with E-state index in [-0.39, 0.29) is 15.3 Å². The van der Waals surface area contributed by atoms with Crippen LogP contribution in [0.3, 0.4) is 0 Å². The normalized spacial score (nSPS) is 11.8. The average molecular weight is 309 g/mol. The van der Waals surface area contributed by atoms with Crippen molar-refractivity contribution >= 4 is 43.5 Å². The van der Waals surface area contributed by atoms with Gasteiger partial charge in [-0.25, -0.2) is 23.1 Å². The average Bonchev–Trinajstić information content (AvgIpc) is 2.91. The van der Waals surface area contributed by atoms with E-state index in [1.807, 2.05) is 18.2 Å². The number of thiazole rings is 1. The minimum Gasteiger partial charge on any atom is -0.375 e. The van der Waals surface area contributed by atoms with E-state index in [0.717, 1.165) is 16.9 Å². The van der Waals surface area contributed by atoms with Gasteiger partial charge in [-0.15, -0.1) is 0 Å². The first-order chi connectivity index (χ1) is 9.45. The Morgan fingerprint density at radius 2 is 2.05 bits per heavy atom. The molecule has 0 radical (unpaired) electrons. The Bertz CT molecular complexity index is 848. The van der Waals surface area contributed by atoms with Crippen LogP contribution < -0.4 is 10.5 Å². The minimum atomic E-state index is -3.74. The molecule has 0 aliphatic rings. The second-order valence-corrected chi connectivity index (χ2v) is 7.04. The lowest BCUT2D eigenvalue weighted by Gasteiger charge is -2.02. The fraction of sp³-hybridized carbons (Fsp3) is 0.0909. The van der Waals surface area contributed by atoms with Crippen LogP contribution in [0.1, 0.15) is 5.69 Å². The fourth-order valence-corrected chi connectivity index (χ4v) is 4.09. The van der Waals surface area contributed by atoms with E-state index in [2.05, 4.69) is 19.7 Å². The summed E-state index contributed by atoms with van der Waals surface area (Å²) in [5, 5.41) is 0.215. The zero-order valence-corrected chi connectivity index (χ0v) is 12.0. The first-order valence-corrected chi connectivity index (χ1v) is 7.96. The largest absolute Gasteiger partial charge is 0.375 e. The molecule has 0 bridgehead atoms. The smallest absolute Gasteiger partial charge is 0.275 e. The number of para-hydroxylation sites is 2. The predicted octanol–water partition coefficient (Wildman–Crippen LogP) is 1.71. The first-order valence-electron chi connectivity index (χ1n) is 5.66. The number of sulfonamides is 1. The maximum Gasteiger partial charge on any atom is 0.275 e. The highest BCUT2D eigenvalue weighted by atomic mass is 32.2. The van der Waals surface area contributed by atoms with Gasteiger partial charge in [0.05, 0.1) is 16.7 Å². The molecule has 104 valence electrons. The van der Waals surface area contributed by atoms with Crippen LogP contribution in [0.2, 0.25) is 0 Å². The molecule has 0 aliphatic heterocycles. The van der Waals surface area contributed by atoms with Gasteiger partial charge in [-0.2, -0.15) is 0 Å². The van der Waals surface area contributed by atoms with Crippen molar-refractivity contribution < 1.29 is 8.42 Å². The predicted molar refractivity (Wildman–Crippen MR) is 78.2 cm³/mol. The Labute approximate surface area is 118 Å². The molecular formula is C11H11N5O2S2. The summed E-state index contributed by atoms with van der Waals surface area (Å²) in [6, 6.07) is 7.28. The number of H-pyrrole nitrogens is 1.